The van der Waals surface area contributed by atoms with Crippen LogP contribution in [0.2, 0.25) is 31.4 Å². The third kappa shape index (κ3) is 3.12. The first kappa shape index (κ1) is 17.3. The van der Waals surface area contributed by atoms with Gasteiger partial charge in [-0.05, 0) is 0 Å². The fourth-order valence-corrected chi connectivity index (χ4v) is 12.3. The molecule has 1 rings (SSSR count). The monoisotopic (exact) mass is 389 g/mol. The van der Waals surface area contributed by atoms with Gasteiger partial charge in [0.05, 0.1) is 0 Å². The van der Waals surface area contributed by atoms with Crippen LogP contribution in [0, 0.1) is 0 Å². The van der Waals surface area contributed by atoms with Crippen molar-refractivity contribution in [3.63, 3.8) is 0 Å². The fraction of sp³-hybridized carbons (Fsp3) is 0.800. The molecule has 110 valence electrons. The summed E-state index contributed by atoms with van der Waals surface area (Å²) in [5.74, 6) is 0. The van der Waals surface area contributed by atoms with Gasteiger partial charge in [-0.15, -0.1) is 0 Å². The van der Waals surface area contributed by atoms with Crippen LogP contribution in [0.3, 0.4) is 0 Å². The van der Waals surface area contributed by atoms with Gasteiger partial charge in [-0.1, -0.05) is 0 Å². The maximum absolute atomic E-state index is 6.34. The van der Waals surface area contributed by atoms with Crippen LogP contribution in [-0.2, 0) is 0 Å². The average Bonchev–Trinajstić information content (AvgIpc) is 2.65. The Morgan fingerprint density at radius 2 is 1.37 bits per heavy atom. The zero-order valence-electron chi connectivity index (χ0n) is 14.2. The minimum atomic E-state index is -2.14. The van der Waals surface area contributed by atoms with E-state index in [0.29, 0.717) is 16.6 Å². The molecule has 0 amide bonds. The van der Waals surface area contributed by atoms with Crippen molar-refractivity contribution in [2.24, 2.45) is 0 Å². The van der Waals surface area contributed by atoms with Crippen LogP contribution >= 0.6 is 0 Å². The standard InChI is InChI=1S/C12H22NOSi.3CH3.Sn/c1-9(2)15(10(3)4,11(5)6)12-13-7-8-14-12;;;;/h7,9-11H,1-6H3;3*1H3;. The summed E-state index contributed by atoms with van der Waals surface area (Å²) in [6, 6.07) is 0. The predicted octanol–water partition coefficient (Wildman–Crippen LogP) is 4.11. The Hall–Kier alpha value is 0.226. The molecule has 0 unspecified atom stereocenters. The van der Waals surface area contributed by atoms with E-state index in [1.54, 1.807) is 0 Å². The molecule has 1 heterocycles. The van der Waals surface area contributed by atoms with E-state index in [9.17, 15) is 0 Å². The van der Waals surface area contributed by atoms with Gasteiger partial charge in [0.1, 0.15) is 0 Å². The SMILES string of the molecule is CC(C)[Si](c1nc[c]([Sn]([CH3])([CH3])[CH3])o1)(C(C)C)C(C)C. The van der Waals surface area contributed by atoms with E-state index in [4.69, 9.17) is 9.40 Å². The zero-order chi connectivity index (χ0) is 15.0. The van der Waals surface area contributed by atoms with Gasteiger partial charge in [-0.3, -0.25) is 0 Å². The van der Waals surface area contributed by atoms with Gasteiger partial charge in [0.15, 0.2) is 0 Å². The summed E-state index contributed by atoms with van der Waals surface area (Å²) < 4.78 is 7.57. The molecule has 0 aliphatic heterocycles. The Balaban J connectivity index is 3.38. The predicted molar refractivity (Wildman–Crippen MR) is 90.2 cm³/mol. The average molecular weight is 388 g/mol. The molecule has 1 aromatic heterocycles. The number of nitrogens with zero attached hydrogens (tertiary/aromatic N) is 1. The van der Waals surface area contributed by atoms with Crippen molar-refractivity contribution in [3.8, 4) is 0 Å². The Bertz CT molecular complexity index is 396. The fourth-order valence-electron chi connectivity index (χ4n) is 3.56. The normalized spacial score (nSPS) is 13.9. The van der Waals surface area contributed by atoms with Crippen LogP contribution in [-0.4, -0.2) is 31.4 Å². The van der Waals surface area contributed by atoms with Crippen molar-refractivity contribution < 1.29 is 4.42 Å². The molecular formula is C15H31NOSiSn. The van der Waals surface area contributed by atoms with E-state index in [1.807, 2.05) is 6.20 Å². The maximum atomic E-state index is 6.34. The van der Waals surface area contributed by atoms with E-state index in [1.165, 1.54) is 3.78 Å². The van der Waals surface area contributed by atoms with Crippen molar-refractivity contribution >= 4 is 35.7 Å². The first-order valence-corrected chi connectivity index (χ1v) is 19.7. The molecule has 0 saturated carbocycles. The van der Waals surface area contributed by atoms with Gasteiger partial charge in [0, 0.05) is 0 Å². The first-order valence-electron chi connectivity index (χ1n) is 7.51. The molecule has 0 radical (unpaired) electrons. The molecule has 4 heteroatoms. The van der Waals surface area contributed by atoms with Crippen molar-refractivity contribution in [3.05, 3.63) is 6.20 Å². The van der Waals surface area contributed by atoms with Gasteiger partial charge < -0.3 is 0 Å². The van der Waals surface area contributed by atoms with Crippen molar-refractivity contribution in [2.45, 2.75) is 73.0 Å². The summed E-state index contributed by atoms with van der Waals surface area (Å²) in [5.41, 5.74) is 3.09. The molecular weight excluding hydrogens is 357 g/mol. The third-order valence-electron chi connectivity index (χ3n) is 4.48. The summed E-state index contributed by atoms with van der Waals surface area (Å²) in [4.78, 5) is 11.9. The van der Waals surface area contributed by atoms with E-state index >= 15 is 0 Å². The summed E-state index contributed by atoms with van der Waals surface area (Å²) in [6.07, 6.45) is 2.04. The second-order valence-electron chi connectivity index (χ2n) is 7.68. The molecule has 0 bridgehead atoms. The number of aromatic nitrogens is 1. The quantitative estimate of drug-likeness (QED) is 0.710. The number of rotatable bonds is 5. The molecule has 0 spiro atoms. The summed E-state index contributed by atoms with van der Waals surface area (Å²) >= 11 is -2.14. The van der Waals surface area contributed by atoms with Crippen LogP contribution in [0.15, 0.2) is 10.6 Å². The van der Waals surface area contributed by atoms with Crippen LogP contribution in [0.5, 0.6) is 0 Å². The molecule has 0 saturated heterocycles. The number of hydrogen-bond donors (Lipinski definition) is 0. The molecule has 2 nitrogen and oxygen atoms in total. The van der Waals surface area contributed by atoms with Gasteiger partial charge in [-0.25, -0.2) is 0 Å². The Morgan fingerprint density at radius 3 is 1.63 bits per heavy atom. The molecule has 0 aliphatic rings. The Morgan fingerprint density at radius 1 is 0.947 bits per heavy atom. The van der Waals surface area contributed by atoms with Crippen LogP contribution in [0.1, 0.15) is 41.5 Å². The van der Waals surface area contributed by atoms with Gasteiger partial charge in [0.25, 0.3) is 0 Å². The number of hydrogen-bond acceptors (Lipinski definition) is 2. The van der Waals surface area contributed by atoms with Gasteiger partial charge in [0.2, 0.25) is 0 Å². The van der Waals surface area contributed by atoms with Crippen molar-refractivity contribution in [2.75, 3.05) is 0 Å². The van der Waals surface area contributed by atoms with Gasteiger partial charge in [-0.2, -0.15) is 0 Å². The zero-order valence-corrected chi connectivity index (χ0v) is 18.0. The topological polar surface area (TPSA) is 26.0 Å². The van der Waals surface area contributed by atoms with Crippen LogP contribution < -0.4 is 9.29 Å². The van der Waals surface area contributed by atoms with E-state index < -0.39 is 26.5 Å². The molecule has 0 fully saturated rings. The van der Waals surface area contributed by atoms with E-state index in [0.717, 1.165) is 5.51 Å². The van der Waals surface area contributed by atoms with E-state index in [-0.39, 0.29) is 0 Å². The molecule has 0 aliphatic carbocycles. The van der Waals surface area contributed by atoms with Gasteiger partial charge >= 0.3 is 124 Å². The first-order chi connectivity index (χ1) is 8.54. The Labute approximate surface area is 124 Å². The second kappa shape index (κ2) is 5.92. The minimum absolute atomic E-state index is 0.661. The van der Waals surface area contributed by atoms with E-state index in [2.05, 4.69) is 56.4 Å². The molecule has 1 aromatic rings. The number of oxazole rings is 1. The molecule has 0 aromatic carbocycles. The summed E-state index contributed by atoms with van der Waals surface area (Å²) in [5, 5.41) is 0. The molecule has 0 atom stereocenters. The van der Waals surface area contributed by atoms with Crippen molar-refractivity contribution in [1.82, 2.24) is 4.98 Å². The second-order valence-corrected chi connectivity index (χ2v) is 27.7. The molecule has 19 heavy (non-hydrogen) atoms. The summed E-state index contributed by atoms with van der Waals surface area (Å²) in [6.45, 7) is 14.1. The third-order valence-corrected chi connectivity index (χ3v) is 16.1. The summed E-state index contributed by atoms with van der Waals surface area (Å²) in [7, 11) is -1.71. The van der Waals surface area contributed by atoms with Crippen LogP contribution in [0.25, 0.3) is 0 Å². The van der Waals surface area contributed by atoms with Crippen molar-refractivity contribution in [1.29, 1.82) is 0 Å². The van der Waals surface area contributed by atoms with Crippen LogP contribution in [0.4, 0.5) is 0 Å². The molecule has 0 N–H and O–H groups in total. The Kier molecular flexibility index (Phi) is 5.38.